The Morgan fingerprint density at radius 1 is 1.19 bits per heavy atom. The number of amides is 1. The summed E-state index contributed by atoms with van der Waals surface area (Å²) in [5.74, 6) is -0.141. The number of aromatic nitrogens is 2. The van der Waals surface area contributed by atoms with Gasteiger partial charge in [0, 0.05) is 30.9 Å². The molecule has 0 radical (unpaired) electrons. The third kappa shape index (κ3) is 3.16. The van der Waals surface area contributed by atoms with Gasteiger partial charge in [-0.15, -0.1) is 0 Å². The van der Waals surface area contributed by atoms with E-state index < -0.39 is 5.95 Å². The first-order valence-electron chi connectivity index (χ1n) is 6.86. The average molecular weight is 286 g/mol. The largest absolute Gasteiger partial charge is 0.357 e. The lowest BCUT2D eigenvalue weighted by Crippen LogP contribution is -2.19. The van der Waals surface area contributed by atoms with Crippen LogP contribution in [0.15, 0.2) is 36.7 Å². The van der Waals surface area contributed by atoms with Crippen LogP contribution in [0.1, 0.15) is 23.2 Å². The van der Waals surface area contributed by atoms with Crippen LogP contribution < -0.4 is 10.2 Å². The van der Waals surface area contributed by atoms with E-state index in [-0.39, 0.29) is 11.5 Å². The fourth-order valence-corrected chi connectivity index (χ4v) is 2.34. The Labute approximate surface area is 121 Å². The number of carbonyl (C=O) groups excluding carboxylic acids is 1. The van der Waals surface area contributed by atoms with E-state index in [1.807, 2.05) is 6.07 Å². The van der Waals surface area contributed by atoms with Crippen molar-refractivity contribution in [3.63, 3.8) is 0 Å². The molecule has 0 spiro atoms. The van der Waals surface area contributed by atoms with Gasteiger partial charge >= 0.3 is 0 Å². The molecule has 1 amide bonds. The van der Waals surface area contributed by atoms with E-state index in [4.69, 9.17) is 0 Å². The van der Waals surface area contributed by atoms with E-state index in [9.17, 15) is 9.18 Å². The highest BCUT2D eigenvalue weighted by Gasteiger charge is 2.13. The molecule has 21 heavy (non-hydrogen) atoms. The molecule has 3 rings (SSSR count). The first-order valence-corrected chi connectivity index (χ1v) is 6.86. The van der Waals surface area contributed by atoms with Crippen LogP contribution in [0.25, 0.3) is 0 Å². The molecule has 6 heteroatoms. The van der Waals surface area contributed by atoms with E-state index in [2.05, 4.69) is 20.2 Å². The maximum atomic E-state index is 13.0. The predicted octanol–water partition coefficient (Wildman–Crippen LogP) is 2.47. The molecule has 0 aliphatic carbocycles. The van der Waals surface area contributed by atoms with Crippen LogP contribution in [0, 0.1) is 5.95 Å². The van der Waals surface area contributed by atoms with Gasteiger partial charge in [-0.2, -0.15) is 4.39 Å². The molecule has 5 nitrogen and oxygen atoms in total. The van der Waals surface area contributed by atoms with Gasteiger partial charge in [0.05, 0.1) is 11.9 Å². The molecule has 1 N–H and O–H groups in total. The molecule has 2 aromatic rings. The van der Waals surface area contributed by atoms with E-state index in [1.54, 1.807) is 12.3 Å². The van der Waals surface area contributed by atoms with Crippen molar-refractivity contribution in [2.24, 2.45) is 0 Å². The Balaban J connectivity index is 1.68. The minimum Gasteiger partial charge on any atom is -0.357 e. The fraction of sp³-hybridized carbons (Fsp3) is 0.267. The number of hydrogen-bond donors (Lipinski definition) is 1. The van der Waals surface area contributed by atoms with Gasteiger partial charge in [0.15, 0.2) is 0 Å². The van der Waals surface area contributed by atoms with Crippen LogP contribution in [-0.2, 0) is 0 Å². The van der Waals surface area contributed by atoms with Gasteiger partial charge in [0.25, 0.3) is 5.91 Å². The van der Waals surface area contributed by atoms with Crippen LogP contribution in [0.5, 0.6) is 0 Å². The van der Waals surface area contributed by atoms with Crippen molar-refractivity contribution in [1.29, 1.82) is 0 Å². The topological polar surface area (TPSA) is 58.1 Å². The smallest absolute Gasteiger partial charge is 0.255 e. The number of pyridine rings is 2. The predicted molar refractivity (Wildman–Crippen MR) is 77.8 cm³/mol. The fourth-order valence-electron chi connectivity index (χ4n) is 2.34. The van der Waals surface area contributed by atoms with Gasteiger partial charge in [-0.1, -0.05) is 0 Å². The second-order valence-electron chi connectivity index (χ2n) is 4.92. The molecule has 1 saturated heterocycles. The van der Waals surface area contributed by atoms with Crippen LogP contribution in [0.4, 0.5) is 15.9 Å². The summed E-state index contributed by atoms with van der Waals surface area (Å²) < 4.78 is 13.0. The Morgan fingerprint density at radius 2 is 2.00 bits per heavy atom. The standard InChI is InChI=1S/C15H15FN4O/c16-13-9-11(5-6-17-13)15(21)19-12-3-4-14(18-10-12)20-7-1-2-8-20/h3-6,9-10H,1-2,7-8H2,(H,19,21). The van der Waals surface area contributed by atoms with Crippen LogP contribution in [-0.4, -0.2) is 29.0 Å². The third-order valence-corrected chi connectivity index (χ3v) is 3.42. The zero-order chi connectivity index (χ0) is 14.7. The zero-order valence-electron chi connectivity index (χ0n) is 11.4. The lowest BCUT2D eigenvalue weighted by molar-refractivity contribution is 0.102. The van der Waals surface area contributed by atoms with Gasteiger partial charge in [0.2, 0.25) is 5.95 Å². The lowest BCUT2D eigenvalue weighted by Gasteiger charge is -2.16. The summed E-state index contributed by atoms with van der Waals surface area (Å²) in [7, 11) is 0. The van der Waals surface area contributed by atoms with Crippen LogP contribution >= 0.6 is 0 Å². The number of nitrogens with one attached hydrogen (secondary N) is 1. The van der Waals surface area contributed by atoms with Crippen molar-refractivity contribution < 1.29 is 9.18 Å². The highest BCUT2D eigenvalue weighted by Crippen LogP contribution is 2.19. The zero-order valence-corrected chi connectivity index (χ0v) is 11.4. The Kier molecular flexibility index (Phi) is 3.77. The number of rotatable bonds is 3. The monoisotopic (exact) mass is 286 g/mol. The van der Waals surface area contributed by atoms with Crippen molar-refractivity contribution in [2.45, 2.75) is 12.8 Å². The Hall–Kier alpha value is -2.50. The number of hydrogen-bond acceptors (Lipinski definition) is 4. The molecular weight excluding hydrogens is 271 g/mol. The van der Waals surface area contributed by atoms with E-state index >= 15 is 0 Å². The second-order valence-corrected chi connectivity index (χ2v) is 4.92. The van der Waals surface area contributed by atoms with Gasteiger partial charge in [-0.25, -0.2) is 9.97 Å². The molecule has 3 heterocycles. The van der Waals surface area contributed by atoms with Crippen molar-refractivity contribution in [3.8, 4) is 0 Å². The third-order valence-electron chi connectivity index (χ3n) is 3.42. The summed E-state index contributed by atoms with van der Waals surface area (Å²) in [6.07, 6.45) is 5.25. The van der Waals surface area contributed by atoms with Gasteiger partial charge < -0.3 is 10.2 Å². The molecule has 0 bridgehead atoms. The minimum absolute atomic E-state index is 0.228. The molecule has 0 saturated carbocycles. The van der Waals surface area contributed by atoms with Gasteiger partial charge in [0.1, 0.15) is 5.82 Å². The molecule has 0 atom stereocenters. The van der Waals surface area contributed by atoms with Crippen molar-refractivity contribution in [1.82, 2.24) is 9.97 Å². The van der Waals surface area contributed by atoms with E-state index in [0.29, 0.717) is 5.69 Å². The minimum atomic E-state index is -0.676. The highest BCUT2D eigenvalue weighted by atomic mass is 19.1. The van der Waals surface area contributed by atoms with Crippen molar-refractivity contribution in [2.75, 3.05) is 23.3 Å². The van der Waals surface area contributed by atoms with Gasteiger partial charge in [-0.05, 0) is 31.0 Å². The van der Waals surface area contributed by atoms with E-state index in [0.717, 1.165) is 25.0 Å². The highest BCUT2D eigenvalue weighted by molar-refractivity contribution is 6.04. The summed E-state index contributed by atoms with van der Waals surface area (Å²) in [5, 5.41) is 2.69. The maximum Gasteiger partial charge on any atom is 0.255 e. The summed E-state index contributed by atoms with van der Waals surface area (Å²) in [6, 6.07) is 6.25. The molecule has 1 aliphatic heterocycles. The number of anilines is 2. The second kappa shape index (κ2) is 5.87. The molecule has 0 aromatic carbocycles. The summed E-state index contributed by atoms with van der Waals surface area (Å²) in [4.78, 5) is 21.9. The maximum absolute atomic E-state index is 13.0. The summed E-state index contributed by atoms with van der Waals surface area (Å²) >= 11 is 0. The Bertz CT molecular complexity index is 638. The number of carbonyl (C=O) groups is 1. The molecule has 108 valence electrons. The summed E-state index contributed by atoms with van der Waals surface area (Å²) in [6.45, 7) is 2.05. The van der Waals surface area contributed by atoms with Crippen molar-refractivity contribution in [3.05, 3.63) is 48.2 Å². The molecule has 2 aromatic heterocycles. The first kappa shape index (κ1) is 13.5. The average Bonchev–Trinajstić information content (AvgIpc) is 3.02. The van der Waals surface area contributed by atoms with Crippen LogP contribution in [0.2, 0.25) is 0 Å². The van der Waals surface area contributed by atoms with Gasteiger partial charge in [-0.3, -0.25) is 4.79 Å². The SMILES string of the molecule is O=C(Nc1ccc(N2CCCC2)nc1)c1ccnc(F)c1. The molecule has 0 unspecified atom stereocenters. The summed E-state index contributed by atoms with van der Waals surface area (Å²) in [5.41, 5.74) is 0.811. The number of nitrogens with zero attached hydrogens (tertiary/aromatic N) is 3. The normalized spacial score (nSPS) is 14.2. The molecular formula is C15H15FN4O. The van der Waals surface area contributed by atoms with E-state index in [1.165, 1.54) is 25.1 Å². The lowest BCUT2D eigenvalue weighted by atomic mass is 10.2. The van der Waals surface area contributed by atoms with Crippen molar-refractivity contribution >= 4 is 17.4 Å². The Morgan fingerprint density at radius 3 is 2.67 bits per heavy atom. The first-order chi connectivity index (χ1) is 10.2. The quantitative estimate of drug-likeness (QED) is 0.881. The van der Waals surface area contributed by atoms with Crippen LogP contribution in [0.3, 0.4) is 0 Å². The molecule has 1 fully saturated rings. The number of halogens is 1. The molecule has 1 aliphatic rings.